The molecule has 0 aliphatic rings. The van der Waals surface area contributed by atoms with Crippen LogP contribution in [0.4, 0.5) is 5.69 Å². The van der Waals surface area contributed by atoms with Gasteiger partial charge in [0.25, 0.3) is 0 Å². The van der Waals surface area contributed by atoms with E-state index in [0.29, 0.717) is 22.0 Å². The highest BCUT2D eigenvalue weighted by atomic mass is 35.5. The molecule has 19 heavy (non-hydrogen) atoms. The highest BCUT2D eigenvalue weighted by molar-refractivity contribution is 6.33. The smallest absolute Gasteiger partial charge is 0.375 e. The fourth-order valence-electron chi connectivity index (χ4n) is 1.50. The molecule has 0 saturated carbocycles. The average molecular weight is 276 g/mol. The van der Waals surface area contributed by atoms with Gasteiger partial charge < -0.3 is 14.9 Å². The predicted octanol–water partition coefficient (Wildman–Crippen LogP) is 2.97. The second kappa shape index (κ2) is 5.51. The van der Waals surface area contributed by atoms with Gasteiger partial charge in [-0.2, -0.15) is 0 Å². The SMILES string of the molecule is C#CCOC(=O)c1ccc(-c2ccc(N)cc2Cl)o1. The molecular formula is C14H10ClNO3. The van der Waals surface area contributed by atoms with Crippen molar-refractivity contribution < 1.29 is 13.9 Å². The number of nitrogen functional groups attached to an aromatic ring is 1. The Hall–Kier alpha value is -2.38. The van der Waals surface area contributed by atoms with Crippen molar-refractivity contribution in [2.45, 2.75) is 0 Å². The van der Waals surface area contributed by atoms with E-state index in [1.807, 2.05) is 0 Å². The van der Waals surface area contributed by atoms with Gasteiger partial charge in [0, 0.05) is 11.3 Å². The Morgan fingerprint density at radius 1 is 1.42 bits per heavy atom. The van der Waals surface area contributed by atoms with Crippen molar-refractivity contribution in [3.8, 4) is 23.7 Å². The summed E-state index contributed by atoms with van der Waals surface area (Å²) in [6, 6.07) is 8.15. The van der Waals surface area contributed by atoms with Crippen molar-refractivity contribution in [3.63, 3.8) is 0 Å². The molecule has 0 spiro atoms. The maximum Gasteiger partial charge on any atom is 0.375 e. The molecule has 4 nitrogen and oxygen atoms in total. The summed E-state index contributed by atoms with van der Waals surface area (Å²) in [6.45, 7) is -0.0997. The van der Waals surface area contributed by atoms with Crippen LogP contribution in [0.5, 0.6) is 0 Å². The van der Waals surface area contributed by atoms with Gasteiger partial charge in [-0.05, 0) is 30.3 Å². The van der Waals surface area contributed by atoms with E-state index in [1.54, 1.807) is 24.3 Å². The molecule has 96 valence electrons. The molecule has 0 aliphatic carbocycles. The number of benzene rings is 1. The number of esters is 1. The van der Waals surface area contributed by atoms with Gasteiger partial charge in [-0.1, -0.05) is 17.5 Å². The van der Waals surface area contributed by atoms with E-state index in [9.17, 15) is 4.79 Å². The number of furan rings is 1. The Bertz CT molecular complexity index is 655. The molecule has 5 heteroatoms. The number of hydrogen-bond acceptors (Lipinski definition) is 4. The van der Waals surface area contributed by atoms with E-state index in [4.69, 9.17) is 32.9 Å². The number of rotatable bonds is 3. The summed E-state index contributed by atoms with van der Waals surface area (Å²) >= 11 is 6.05. The van der Waals surface area contributed by atoms with Crippen LogP contribution in [-0.4, -0.2) is 12.6 Å². The van der Waals surface area contributed by atoms with Crippen LogP contribution in [0.2, 0.25) is 5.02 Å². The summed E-state index contributed by atoms with van der Waals surface area (Å²) in [5.41, 5.74) is 6.80. The van der Waals surface area contributed by atoms with Crippen molar-refractivity contribution in [3.05, 3.63) is 41.1 Å². The second-order valence-corrected chi connectivity index (χ2v) is 4.09. The number of anilines is 1. The molecule has 2 aromatic rings. The Balaban J connectivity index is 2.26. The highest BCUT2D eigenvalue weighted by Gasteiger charge is 2.14. The number of ether oxygens (including phenoxy) is 1. The van der Waals surface area contributed by atoms with E-state index in [2.05, 4.69) is 5.92 Å². The third-order valence-corrected chi connectivity index (χ3v) is 2.67. The van der Waals surface area contributed by atoms with E-state index >= 15 is 0 Å². The number of carbonyl (C=O) groups is 1. The summed E-state index contributed by atoms with van der Waals surface area (Å²) in [4.78, 5) is 11.5. The summed E-state index contributed by atoms with van der Waals surface area (Å²) < 4.78 is 10.1. The monoisotopic (exact) mass is 275 g/mol. The van der Waals surface area contributed by atoms with Crippen molar-refractivity contribution in [2.75, 3.05) is 12.3 Å². The Kier molecular flexibility index (Phi) is 3.79. The van der Waals surface area contributed by atoms with E-state index < -0.39 is 5.97 Å². The lowest BCUT2D eigenvalue weighted by atomic mass is 10.1. The first-order chi connectivity index (χ1) is 9.11. The Morgan fingerprint density at radius 3 is 2.89 bits per heavy atom. The van der Waals surface area contributed by atoms with Crippen LogP contribution in [0.25, 0.3) is 11.3 Å². The molecule has 0 aliphatic heterocycles. The molecule has 0 atom stereocenters. The maximum absolute atomic E-state index is 11.5. The zero-order valence-electron chi connectivity index (χ0n) is 9.85. The van der Waals surface area contributed by atoms with Crippen LogP contribution >= 0.6 is 11.6 Å². The van der Waals surface area contributed by atoms with Crippen molar-refractivity contribution >= 4 is 23.3 Å². The minimum atomic E-state index is -0.615. The zero-order chi connectivity index (χ0) is 13.8. The number of nitrogens with two attached hydrogens (primary N) is 1. The van der Waals surface area contributed by atoms with Gasteiger partial charge >= 0.3 is 5.97 Å². The quantitative estimate of drug-likeness (QED) is 0.531. The third kappa shape index (κ3) is 2.90. The minimum absolute atomic E-state index is 0.0677. The lowest BCUT2D eigenvalue weighted by Crippen LogP contribution is -2.03. The van der Waals surface area contributed by atoms with Crippen molar-refractivity contribution in [1.29, 1.82) is 0 Å². The molecule has 0 radical (unpaired) electrons. The van der Waals surface area contributed by atoms with E-state index in [0.717, 1.165) is 0 Å². The second-order valence-electron chi connectivity index (χ2n) is 3.68. The van der Waals surface area contributed by atoms with Crippen LogP contribution in [0.15, 0.2) is 34.7 Å². The molecule has 2 rings (SSSR count). The van der Waals surface area contributed by atoms with Gasteiger partial charge in [0.2, 0.25) is 5.76 Å². The van der Waals surface area contributed by atoms with Gasteiger partial charge in [-0.3, -0.25) is 0 Å². The van der Waals surface area contributed by atoms with Gasteiger partial charge in [-0.25, -0.2) is 4.79 Å². The lowest BCUT2D eigenvalue weighted by molar-refractivity contribution is 0.0521. The molecule has 0 amide bonds. The molecule has 0 fully saturated rings. The molecule has 1 heterocycles. The summed E-state index contributed by atoms with van der Waals surface area (Å²) in [5.74, 6) is 2.11. The highest BCUT2D eigenvalue weighted by Crippen LogP contribution is 2.30. The van der Waals surface area contributed by atoms with Crippen LogP contribution in [-0.2, 0) is 4.74 Å². The number of carbonyl (C=O) groups excluding carboxylic acids is 1. The summed E-state index contributed by atoms with van der Waals surface area (Å²) in [7, 11) is 0. The van der Waals surface area contributed by atoms with Gasteiger partial charge in [0.1, 0.15) is 5.76 Å². The zero-order valence-corrected chi connectivity index (χ0v) is 10.6. The van der Waals surface area contributed by atoms with Gasteiger partial charge in [-0.15, -0.1) is 6.42 Å². The molecule has 2 N–H and O–H groups in total. The number of hydrogen-bond donors (Lipinski definition) is 1. The fourth-order valence-corrected chi connectivity index (χ4v) is 1.78. The molecule has 0 saturated heterocycles. The van der Waals surface area contributed by atoms with Gasteiger partial charge in [0.05, 0.1) is 5.02 Å². The molecule has 0 unspecified atom stereocenters. The third-order valence-electron chi connectivity index (χ3n) is 2.35. The van der Waals surface area contributed by atoms with Crippen LogP contribution in [0.3, 0.4) is 0 Å². The first-order valence-electron chi connectivity index (χ1n) is 5.37. The van der Waals surface area contributed by atoms with E-state index in [1.165, 1.54) is 6.07 Å². The molecule has 1 aromatic carbocycles. The predicted molar refractivity (Wildman–Crippen MR) is 72.7 cm³/mol. The molecule has 0 bridgehead atoms. The van der Waals surface area contributed by atoms with Crippen LogP contribution in [0.1, 0.15) is 10.6 Å². The van der Waals surface area contributed by atoms with Crippen molar-refractivity contribution in [2.24, 2.45) is 0 Å². The van der Waals surface area contributed by atoms with Crippen LogP contribution < -0.4 is 5.73 Å². The minimum Gasteiger partial charge on any atom is -0.449 e. The van der Waals surface area contributed by atoms with Crippen molar-refractivity contribution in [1.82, 2.24) is 0 Å². The maximum atomic E-state index is 11.5. The fraction of sp³-hybridized carbons (Fsp3) is 0.0714. The van der Waals surface area contributed by atoms with Crippen LogP contribution in [0, 0.1) is 12.3 Å². The standard InChI is InChI=1S/C14H10ClNO3/c1-2-7-18-14(17)13-6-5-12(19-13)10-4-3-9(16)8-11(10)15/h1,3-6,8H,7,16H2. The topological polar surface area (TPSA) is 65.5 Å². The average Bonchev–Trinajstić information content (AvgIpc) is 2.85. The summed E-state index contributed by atoms with van der Waals surface area (Å²) in [6.07, 6.45) is 5.00. The van der Waals surface area contributed by atoms with E-state index in [-0.39, 0.29) is 12.4 Å². The Morgan fingerprint density at radius 2 is 2.21 bits per heavy atom. The normalized spacial score (nSPS) is 9.89. The number of terminal acetylenes is 1. The van der Waals surface area contributed by atoms with Gasteiger partial charge in [0.15, 0.2) is 6.61 Å². The molecule has 1 aromatic heterocycles. The largest absolute Gasteiger partial charge is 0.449 e. The summed E-state index contributed by atoms with van der Waals surface area (Å²) in [5, 5.41) is 0.442. The first-order valence-corrected chi connectivity index (χ1v) is 5.75. The molecular weight excluding hydrogens is 266 g/mol. The number of halogens is 1. The first kappa shape index (κ1) is 13.1. The lowest BCUT2D eigenvalue weighted by Gasteiger charge is -2.02. The Labute approximate surface area is 115 Å².